The molecular weight excluding hydrogens is 266 g/mol. The molecule has 1 unspecified atom stereocenters. The van der Waals surface area contributed by atoms with E-state index in [9.17, 15) is 9.59 Å². The predicted molar refractivity (Wildman–Crippen MR) is 81.3 cm³/mol. The summed E-state index contributed by atoms with van der Waals surface area (Å²) in [5.74, 6) is -0.293. The summed E-state index contributed by atoms with van der Waals surface area (Å²) in [5.41, 5.74) is 3.34. The Balaban J connectivity index is 2.20. The van der Waals surface area contributed by atoms with Crippen LogP contribution in [0.2, 0.25) is 0 Å². The highest BCUT2D eigenvalue weighted by atomic mass is 16.2. The predicted octanol–water partition coefficient (Wildman–Crippen LogP) is 1.89. The zero-order valence-corrected chi connectivity index (χ0v) is 12.7. The van der Waals surface area contributed by atoms with E-state index in [-0.39, 0.29) is 23.2 Å². The Morgan fingerprint density at radius 3 is 2.62 bits per heavy atom. The number of amides is 1. The summed E-state index contributed by atoms with van der Waals surface area (Å²) < 4.78 is 1.15. The van der Waals surface area contributed by atoms with E-state index in [1.54, 1.807) is 0 Å². The summed E-state index contributed by atoms with van der Waals surface area (Å²) in [6.45, 7) is 5.97. The van der Waals surface area contributed by atoms with Gasteiger partial charge in [0.15, 0.2) is 0 Å². The third-order valence-corrected chi connectivity index (χ3v) is 3.44. The van der Waals surface area contributed by atoms with Gasteiger partial charge >= 0.3 is 0 Å². The number of rotatable bonds is 3. The molecule has 0 saturated carbocycles. The van der Waals surface area contributed by atoms with E-state index in [2.05, 4.69) is 16.5 Å². The number of aromatic nitrogens is 2. The number of nitrogens with one attached hydrogen (secondary N) is 1. The number of benzene rings is 1. The average molecular weight is 285 g/mol. The fourth-order valence-electron chi connectivity index (χ4n) is 2.20. The monoisotopic (exact) mass is 285 g/mol. The van der Waals surface area contributed by atoms with Gasteiger partial charge in [0.25, 0.3) is 11.5 Å². The Morgan fingerprint density at radius 1 is 1.24 bits per heavy atom. The number of carbonyl (C=O) groups excluding carboxylic acids is 1. The Morgan fingerprint density at radius 2 is 1.95 bits per heavy atom. The van der Waals surface area contributed by atoms with Crippen LogP contribution in [0, 0.1) is 13.8 Å². The molecule has 1 amide bonds. The highest BCUT2D eigenvalue weighted by molar-refractivity contribution is 5.92. The van der Waals surface area contributed by atoms with E-state index in [1.165, 1.54) is 19.2 Å². The first-order chi connectivity index (χ1) is 9.88. The topological polar surface area (TPSA) is 64.0 Å². The van der Waals surface area contributed by atoms with E-state index in [0.717, 1.165) is 21.4 Å². The molecule has 5 heteroatoms. The maximum Gasteiger partial charge on any atom is 0.272 e. The van der Waals surface area contributed by atoms with Crippen LogP contribution in [0.15, 0.2) is 35.1 Å². The average Bonchev–Trinajstić information content (AvgIpc) is 2.44. The Labute approximate surface area is 123 Å². The quantitative estimate of drug-likeness (QED) is 0.936. The summed E-state index contributed by atoms with van der Waals surface area (Å²) >= 11 is 0. The molecule has 1 atom stereocenters. The van der Waals surface area contributed by atoms with Crippen LogP contribution in [-0.2, 0) is 7.05 Å². The SMILES string of the molecule is Cc1ccc(C)c(C(C)NC(=O)c2ccc(=O)n(C)n2)c1. The smallest absolute Gasteiger partial charge is 0.272 e. The van der Waals surface area contributed by atoms with Gasteiger partial charge in [-0.3, -0.25) is 9.59 Å². The normalized spacial score (nSPS) is 12.0. The zero-order valence-electron chi connectivity index (χ0n) is 12.7. The summed E-state index contributed by atoms with van der Waals surface area (Å²) in [6.07, 6.45) is 0. The van der Waals surface area contributed by atoms with E-state index >= 15 is 0 Å². The molecule has 0 radical (unpaired) electrons. The van der Waals surface area contributed by atoms with Gasteiger partial charge in [-0.2, -0.15) is 5.10 Å². The maximum atomic E-state index is 12.2. The molecule has 0 aliphatic rings. The van der Waals surface area contributed by atoms with Crippen LogP contribution < -0.4 is 10.9 Å². The van der Waals surface area contributed by atoms with Crippen molar-refractivity contribution in [2.75, 3.05) is 0 Å². The van der Waals surface area contributed by atoms with Gasteiger partial charge in [0.05, 0.1) is 6.04 Å². The number of carbonyl (C=O) groups is 1. The fraction of sp³-hybridized carbons (Fsp3) is 0.312. The van der Waals surface area contributed by atoms with Crippen LogP contribution in [0.5, 0.6) is 0 Å². The number of nitrogens with zero attached hydrogens (tertiary/aromatic N) is 2. The van der Waals surface area contributed by atoms with Crippen LogP contribution in [-0.4, -0.2) is 15.7 Å². The van der Waals surface area contributed by atoms with E-state index < -0.39 is 0 Å². The molecule has 1 heterocycles. The van der Waals surface area contributed by atoms with Crippen LogP contribution in [0.4, 0.5) is 0 Å². The minimum Gasteiger partial charge on any atom is -0.344 e. The van der Waals surface area contributed by atoms with Gasteiger partial charge in [0, 0.05) is 13.1 Å². The lowest BCUT2D eigenvalue weighted by Crippen LogP contribution is -2.30. The molecule has 1 aromatic heterocycles. The summed E-state index contributed by atoms with van der Waals surface area (Å²) in [7, 11) is 1.52. The van der Waals surface area contributed by atoms with Crippen molar-refractivity contribution in [3.8, 4) is 0 Å². The largest absolute Gasteiger partial charge is 0.344 e. The number of hydrogen-bond acceptors (Lipinski definition) is 3. The van der Waals surface area contributed by atoms with Crippen molar-refractivity contribution in [2.45, 2.75) is 26.8 Å². The van der Waals surface area contributed by atoms with E-state index in [1.807, 2.05) is 32.9 Å². The highest BCUT2D eigenvalue weighted by Crippen LogP contribution is 2.19. The Hall–Kier alpha value is -2.43. The van der Waals surface area contributed by atoms with Crippen molar-refractivity contribution in [3.63, 3.8) is 0 Å². The Kier molecular flexibility index (Phi) is 4.21. The van der Waals surface area contributed by atoms with Crippen LogP contribution in [0.3, 0.4) is 0 Å². The van der Waals surface area contributed by atoms with Crippen molar-refractivity contribution < 1.29 is 4.79 Å². The van der Waals surface area contributed by atoms with Crippen molar-refractivity contribution in [2.24, 2.45) is 7.05 Å². The first-order valence-corrected chi connectivity index (χ1v) is 6.81. The molecular formula is C16H19N3O2. The lowest BCUT2D eigenvalue weighted by molar-refractivity contribution is 0.0932. The lowest BCUT2D eigenvalue weighted by Gasteiger charge is -2.17. The molecule has 0 saturated heterocycles. The zero-order chi connectivity index (χ0) is 15.6. The highest BCUT2D eigenvalue weighted by Gasteiger charge is 2.15. The Bertz CT molecular complexity index is 735. The van der Waals surface area contributed by atoms with Crippen molar-refractivity contribution in [3.05, 3.63) is 63.1 Å². The van der Waals surface area contributed by atoms with Gasteiger partial charge in [-0.25, -0.2) is 4.68 Å². The van der Waals surface area contributed by atoms with Gasteiger partial charge in [-0.1, -0.05) is 23.8 Å². The molecule has 110 valence electrons. The molecule has 0 bridgehead atoms. The molecule has 0 fully saturated rings. The van der Waals surface area contributed by atoms with Gasteiger partial charge < -0.3 is 5.32 Å². The molecule has 2 aromatic rings. The van der Waals surface area contributed by atoms with E-state index in [4.69, 9.17) is 0 Å². The molecule has 0 aliphatic heterocycles. The molecule has 1 aromatic carbocycles. The van der Waals surface area contributed by atoms with Crippen LogP contribution in [0.1, 0.15) is 40.1 Å². The van der Waals surface area contributed by atoms with Gasteiger partial charge in [0.2, 0.25) is 0 Å². The molecule has 5 nitrogen and oxygen atoms in total. The van der Waals surface area contributed by atoms with Crippen LogP contribution in [0.25, 0.3) is 0 Å². The molecule has 0 spiro atoms. The summed E-state index contributed by atoms with van der Waals surface area (Å²) in [6, 6.07) is 8.79. The minimum atomic E-state index is -0.293. The molecule has 1 N–H and O–H groups in total. The number of aryl methyl sites for hydroxylation is 3. The van der Waals surface area contributed by atoms with Crippen molar-refractivity contribution in [1.82, 2.24) is 15.1 Å². The first-order valence-electron chi connectivity index (χ1n) is 6.81. The van der Waals surface area contributed by atoms with Crippen molar-refractivity contribution in [1.29, 1.82) is 0 Å². The third kappa shape index (κ3) is 3.37. The molecule has 2 rings (SSSR count). The second kappa shape index (κ2) is 5.91. The number of hydrogen-bond donors (Lipinski definition) is 1. The van der Waals surface area contributed by atoms with Crippen LogP contribution >= 0.6 is 0 Å². The van der Waals surface area contributed by atoms with Gasteiger partial charge in [0.1, 0.15) is 5.69 Å². The third-order valence-electron chi connectivity index (χ3n) is 3.44. The summed E-state index contributed by atoms with van der Waals surface area (Å²) in [5, 5.41) is 6.86. The lowest BCUT2D eigenvalue weighted by atomic mass is 10.00. The second-order valence-electron chi connectivity index (χ2n) is 5.24. The van der Waals surface area contributed by atoms with Crippen molar-refractivity contribution >= 4 is 5.91 Å². The maximum absolute atomic E-state index is 12.2. The second-order valence-corrected chi connectivity index (χ2v) is 5.24. The molecule has 21 heavy (non-hydrogen) atoms. The fourth-order valence-corrected chi connectivity index (χ4v) is 2.20. The van der Waals surface area contributed by atoms with Gasteiger partial charge in [-0.15, -0.1) is 0 Å². The minimum absolute atomic E-state index is 0.128. The van der Waals surface area contributed by atoms with Gasteiger partial charge in [-0.05, 0) is 38.0 Å². The summed E-state index contributed by atoms with van der Waals surface area (Å²) in [4.78, 5) is 23.5. The van der Waals surface area contributed by atoms with E-state index in [0.29, 0.717) is 0 Å². The molecule has 0 aliphatic carbocycles. The first kappa shape index (κ1) is 15.0. The standard InChI is InChI=1S/C16H19N3O2/c1-10-5-6-11(2)13(9-10)12(3)17-16(21)14-7-8-15(20)19(4)18-14/h5-9,12H,1-4H3,(H,17,21).